The van der Waals surface area contributed by atoms with Gasteiger partial charge in [0.15, 0.2) is 11.5 Å². The maximum Gasteiger partial charge on any atom is 0.192 e. The molecule has 2 aliphatic heterocycles. The summed E-state index contributed by atoms with van der Waals surface area (Å²) in [5.41, 5.74) is 3.08. The zero-order valence-electron chi connectivity index (χ0n) is 10.4. The third kappa shape index (κ3) is 1.45. The topological polar surface area (TPSA) is 38.5 Å². The summed E-state index contributed by atoms with van der Waals surface area (Å²) in [7, 11) is 0. The monoisotopic (exact) mass is 244 g/mol. The molecule has 1 aromatic carbocycles. The van der Waals surface area contributed by atoms with Gasteiger partial charge in [-0.25, -0.2) is 4.98 Å². The summed E-state index contributed by atoms with van der Waals surface area (Å²) in [6.07, 6.45) is 2.47. The molecule has 3 heterocycles. The lowest BCUT2D eigenvalue weighted by Crippen LogP contribution is -2.45. The molecule has 2 atom stereocenters. The zero-order valence-corrected chi connectivity index (χ0v) is 10.4. The largest absolute Gasteiger partial charge is 0.441 e. The molecule has 0 saturated carbocycles. The highest BCUT2D eigenvalue weighted by Crippen LogP contribution is 2.35. The van der Waals surface area contributed by atoms with Crippen LogP contribution in [0.4, 0.5) is 5.69 Å². The number of morpholine rings is 1. The Morgan fingerprint density at radius 3 is 2.78 bits per heavy atom. The quantitative estimate of drug-likeness (QED) is 0.772. The lowest BCUT2D eigenvalue weighted by Gasteiger charge is -2.36. The second-order valence-corrected chi connectivity index (χ2v) is 5.21. The van der Waals surface area contributed by atoms with E-state index in [4.69, 9.17) is 9.15 Å². The Hall–Kier alpha value is -1.55. The van der Waals surface area contributed by atoms with Gasteiger partial charge in [-0.05, 0) is 31.0 Å². The molecule has 2 fully saturated rings. The maximum atomic E-state index is 5.62. The number of oxazole rings is 1. The zero-order chi connectivity index (χ0) is 12.1. The molecule has 4 nitrogen and oxygen atoms in total. The molecule has 0 N–H and O–H groups in total. The van der Waals surface area contributed by atoms with E-state index in [9.17, 15) is 0 Å². The van der Waals surface area contributed by atoms with Crippen LogP contribution in [0.2, 0.25) is 0 Å². The van der Waals surface area contributed by atoms with Gasteiger partial charge in [-0.3, -0.25) is 0 Å². The summed E-state index contributed by atoms with van der Waals surface area (Å²) in [6.45, 7) is 3.59. The van der Waals surface area contributed by atoms with Gasteiger partial charge >= 0.3 is 0 Å². The highest BCUT2D eigenvalue weighted by atomic mass is 16.5. The van der Waals surface area contributed by atoms with Gasteiger partial charge in [-0.1, -0.05) is 0 Å². The van der Waals surface area contributed by atoms with Gasteiger partial charge in [-0.15, -0.1) is 0 Å². The van der Waals surface area contributed by atoms with Crippen molar-refractivity contribution in [2.75, 3.05) is 18.1 Å². The molecule has 4 rings (SSSR count). The highest BCUT2D eigenvalue weighted by molar-refractivity contribution is 5.78. The highest BCUT2D eigenvalue weighted by Gasteiger charge is 2.37. The van der Waals surface area contributed by atoms with Crippen LogP contribution in [0.5, 0.6) is 0 Å². The van der Waals surface area contributed by atoms with E-state index in [1.165, 1.54) is 18.5 Å². The molecule has 2 aromatic rings. The summed E-state index contributed by atoms with van der Waals surface area (Å²) >= 11 is 0. The number of nitrogens with zero attached hydrogens (tertiary/aromatic N) is 2. The van der Waals surface area contributed by atoms with E-state index in [0.717, 1.165) is 30.2 Å². The average molecular weight is 244 g/mol. The minimum atomic E-state index is 0.536. The summed E-state index contributed by atoms with van der Waals surface area (Å²) in [5.74, 6) is 0.729. The first kappa shape index (κ1) is 10.4. The lowest BCUT2D eigenvalue weighted by atomic mass is 10.2. The van der Waals surface area contributed by atoms with Crippen LogP contribution < -0.4 is 4.90 Å². The van der Waals surface area contributed by atoms with Gasteiger partial charge in [-0.2, -0.15) is 0 Å². The Balaban J connectivity index is 1.77. The second kappa shape index (κ2) is 3.72. The van der Waals surface area contributed by atoms with Crippen LogP contribution in [-0.4, -0.2) is 30.3 Å². The molecule has 2 saturated heterocycles. The van der Waals surface area contributed by atoms with Gasteiger partial charge in [0.2, 0.25) is 0 Å². The summed E-state index contributed by atoms with van der Waals surface area (Å²) in [5, 5.41) is 0. The summed E-state index contributed by atoms with van der Waals surface area (Å²) in [4.78, 5) is 6.92. The Morgan fingerprint density at radius 2 is 2.00 bits per heavy atom. The number of ether oxygens (including phenoxy) is 1. The maximum absolute atomic E-state index is 5.62. The minimum absolute atomic E-state index is 0.536. The van der Waals surface area contributed by atoms with Crippen LogP contribution in [-0.2, 0) is 4.74 Å². The van der Waals surface area contributed by atoms with Crippen LogP contribution in [0.15, 0.2) is 22.6 Å². The molecule has 18 heavy (non-hydrogen) atoms. The van der Waals surface area contributed by atoms with Gasteiger partial charge in [0, 0.05) is 12.6 Å². The predicted octanol–water partition coefficient (Wildman–Crippen LogP) is 2.50. The molecule has 0 amide bonds. The Kier molecular flexibility index (Phi) is 2.14. The number of fused-ring (bicyclic) bond motifs is 3. The number of rotatable bonds is 1. The molecule has 0 aliphatic carbocycles. The number of aromatic nitrogens is 1. The SMILES string of the molecule is Cc1nc2cc(N3C4CCC3COC4)ccc2o1. The number of anilines is 1. The average Bonchev–Trinajstić information content (AvgIpc) is 2.85. The van der Waals surface area contributed by atoms with E-state index in [1.807, 2.05) is 13.0 Å². The van der Waals surface area contributed by atoms with E-state index in [0.29, 0.717) is 12.1 Å². The third-order valence-electron chi connectivity index (χ3n) is 4.02. The van der Waals surface area contributed by atoms with E-state index in [2.05, 4.69) is 22.0 Å². The number of hydrogen-bond donors (Lipinski definition) is 0. The van der Waals surface area contributed by atoms with Gasteiger partial charge in [0.05, 0.1) is 25.3 Å². The van der Waals surface area contributed by atoms with E-state index in [-0.39, 0.29) is 0 Å². The molecule has 1 aromatic heterocycles. The predicted molar refractivity (Wildman–Crippen MR) is 68.9 cm³/mol. The molecule has 2 unspecified atom stereocenters. The van der Waals surface area contributed by atoms with Crippen LogP contribution in [0, 0.1) is 6.92 Å². The molecule has 0 radical (unpaired) electrons. The van der Waals surface area contributed by atoms with Gasteiger partial charge in [0.25, 0.3) is 0 Å². The van der Waals surface area contributed by atoms with Crippen molar-refractivity contribution in [1.29, 1.82) is 0 Å². The molecule has 2 aliphatic rings. The van der Waals surface area contributed by atoms with Crippen LogP contribution in [0.3, 0.4) is 0 Å². The first-order valence-corrected chi connectivity index (χ1v) is 6.54. The van der Waals surface area contributed by atoms with E-state index >= 15 is 0 Å². The first-order chi connectivity index (χ1) is 8.81. The Morgan fingerprint density at radius 1 is 1.22 bits per heavy atom. The van der Waals surface area contributed by atoms with Crippen molar-refractivity contribution in [3.05, 3.63) is 24.1 Å². The van der Waals surface area contributed by atoms with E-state index in [1.54, 1.807) is 0 Å². The van der Waals surface area contributed by atoms with E-state index < -0.39 is 0 Å². The van der Waals surface area contributed by atoms with Crippen LogP contribution >= 0.6 is 0 Å². The van der Waals surface area contributed by atoms with Gasteiger partial charge in [0.1, 0.15) is 5.52 Å². The van der Waals surface area contributed by atoms with Crippen molar-refractivity contribution in [2.24, 2.45) is 0 Å². The molecule has 94 valence electrons. The fourth-order valence-corrected chi connectivity index (χ4v) is 3.24. The summed E-state index contributed by atoms with van der Waals surface area (Å²) < 4.78 is 11.1. The molecular weight excluding hydrogens is 228 g/mol. The Labute approximate surface area is 106 Å². The number of hydrogen-bond acceptors (Lipinski definition) is 4. The van der Waals surface area contributed by atoms with Crippen LogP contribution in [0.25, 0.3) is 11.1 Å². The number of benzene rings is 1. The smallest absolute Gasteiger partial charge is 0.192 e. The molecule has 0 spiro atoms. The molecular formula is C14H16N2O2. The third-order valence-corrected chi connectivity index (χ3v) is 4.02. The van der Waals surface area contributed by atoms with Crippen molar-refractivity contribution in [3.63, 3.8) is 0 Å². The normalized spacial score (nSPS) is 27.1. The standard InChI is InChI=1S/C14H16N2O2/c1-9-15-13-6-10(4-5-14(13)18-9)16-11-2-3-12(16)8-17-7-11/h4-6,11-12H,2-3,7-8H2,1H3. The fraction of sp³-hybridized carbons (Fsp3) is 0.500. The minimum Gasteiger partial charge on any atom is -0.441 e. The lowest BCUT2D eigenvalue weighted by molar-refractivity contribution is 0.0907. The number of aryl methyl sites for hydroxylation is 1. The Bertz CT molecular complexity index is 576. The van der Waals surface area contributed by atoms with Crippen molar-refractivity contribution in [1.82, 2.24) is 4.98 Å². The van der Waals surface area contributed by atoms with Crippen molar-refractivity contribution < 1.29 is 9.15 Å². The molecule has 2 bridgehead atoms. The molecule has 4 heteroatoms. The van der Waals surface area contributed by atoms with Crippen molar-refractivity contribution >= 4 is 16.8 Å². The van der Waals surface area contributed by atoms with Crippen LogP contribution in [0.1, 0.15) is 18.7 Å². The second-order valence-electron chi connectivity index (χ2n) is 5.21. The summed E-state index contributed by atoms with van der Waals surface area (Å²) in [6, 6.07) is 7.38. The fourth-order valence-electron chi connectivity index (χ4n) is 3.24. The van der Waals surface area contributed by atoms with Crippen molar-refractivity contribution in [3.8, 4) is 0 Å². The first-order valence-electron chi connectivity index (χ1n) is 6.54. The van der Waals surface area contributed by atoms with Crippen molar-refractivity contribution in [2.45, 2.75) is 31.8 Å². The van der Waals surface area contributed by atoms with Gasteiger partial charge < -0.3 is 14.1 Å².